The largest absolute Gasteiger partial charge is 0.494 e. The van der Waals surface area contributed by atoms with Crippen LogP contribution in [0.25, 0.3) is 0 Å². The maximum atomic E-state index is 12.1. The monoisotopic (exact) mass is 399 g/mol. The van der Waals surface area contributed by atoms with E-state index < -0.39 is 24.0 Å². The van der Waals surface area contributed by atoms with Crippen LogP contribution in [-0.4, -0.2) is 37.2 Å². The third-order valence-corrected chi connectivity index (χ3v) is 3.80. The molecule has 2 aromatic carbocycles. The van der Waals surface area contributed by atoms with Crippen molar-refractivity contribution in [1.82, 2.24) is 10.6 Å². The first kappa shape index (κ1) is 21.7. The van der Waals surface area contributed by atoms with Crippen LogP contribution >= 0.6 is 0 Å². The minimum Gasteiger partial charge on any atom is -0.494 e. The van der Waals surface area contributed by atoms with Gasteiger partial charge in [0.25, 0.3) is 5.91 Å². The Morgan fingerprint density at radius 1 is 0.966 bits per heavy atom. The molecule has 0 spiro atoms. The molecule has 0 bridgehead atoms. The average molecular weight is 399 g/mol. The quantitative estimate of drug-likeness (QED) is 0.562. The molecule has 154 valence electrons. The number of hydrogen-bond donors (Lipinski definition) is 3. The van der Waals surface area contributed by atoms with E-state index >= 15 is 0 Å². The van der Waals surface area contributed by atoms with E-state index in [4.69, 9.17) is 9.47 Å². The first-order valence-corrected chi connectivity index (χ1v) is 9.26. The highest BCUT2D eigenvalue weighted by molar-refractivity contribution is 5.95. The predicted molar refractivity (Wildman–Crippen MR) is 108 cm³/mol. The van der Waals surface area contributed by atoms with Gasteiger partial charge in [0.05, 0.1) is 6.61 Å². The smallest absolute Gasteiger partial charge is 0.326 e. The molecule has 0 aromatic heterocycles. The van der Waals surface area contributed by atoms with E-state index in [2.05, 4.69) is 16.0 Å². The lowest BCUT2D eigenvalue weighted by molar-refractivity contribution is -0.152. The summed E-state index contributed by atoms with van der Waals surface area (Å²) in [5.74, 6) is -0.494. The van der Waals surface area contributed by atoms with Gasteiger partial charge in [-0.1, -0.05) is 30.3 Å². The Bertz CT molecular complexity index is 809. The second-order valence-electron chi connectivity index (χ2n) is 6.10. The van der Waals surface area contributed by atoms with Crippen molar-refractivity contribution in [3.8, 4) is 5.75 Å². The number of anilines is 1. The Labute approximate surface area is 169 Å². The number of carbonyl (C=O) groups excluding carboxylic acids is 3. The second-order valence-corrected chi connectivity index (χ2v) is 6.10. The Kier molecular flexibility index (Phi) is 8.50. The summed E-state index contributed by atoms with van der Waals surface area (Å²) in [6.45, 7) is 3.88. The molecule has 1 unspecified atom stereocenters. The molecule has 2 rings (SSSR count). The number of benzene rings is 2. The maximum absolute atomic E-state index is 12.1. The molecule has 3 amide bonds. The predicted octanol–water partition coefficient (Wildman–Crippen LogP) is 2.45. The molecule has 8 nitrogen and oxygen atoms in total. The van der Waals surface area contributed by atoms with Crippen LogP contribution in [0.15, 0.2) is 54.6 Å². The van der Waals surface area contributed by atoms with Gasteiger partial charge in [0, 0.05) is 12.2 Å². The van der Waals surface area contributed by atoms with Crippen LogP contribution in [0.1, 0.15) is 19.4 Å². The zero-order valence-electron chi connectivity index (χ0n) is 16.4. The molecule has 0 aliphatic carbocycles. The van der Waals surface area contributed by atoms with Crippen molar-refractivity contribution >= 4 is 23.6 Å². The van der Waals surface area contributed by atoms with Gasteiger partial charge in [-0.05, 0) is 43.7 Å². The summed E-state index contributed by atoms with van der Waals surface area (Å²) in [7, 11) is 0. The van der Waals surface area contributed by atoms with Crippen molar-refractivity contribution in [3.05, 3.63) is 60.2 Å². The number of esters is 1. The first-order valence-electron chi connectivity index (χ1n) is 9.26. The average Bonchev–Trinajstić information content (AvgIpc) is 2.73. The van der Waals surface area contributed by atoms with E-state index in [1.54, 1.807) is 24.3 Å². The molecule has 0 aliphatic rings. The van der Waals surface area contributed by atoms with Gasteiger partial charge in [-0.15, -0.1) is 0 Å². The zero-order chi connectivity index (χ0) is 21.1. The molecule has 3 N–H and O–H groups in total. The molecule has 0 radical (unpaired) electrons. The van der Waals surface area contributed by atoms with Crippen LogP contribution in [-0.2, 0) is 20.9 Å². The maximum Gasteiger partial charge on any atom is 0.326 e. The van der Waals surface area contributed by atoms with Gasteiger partial charge in [0.15, 0.2) is 6.10 Å². The number of hydrogen-bond acceptors (Lipinski definition) is 5. The fourth-order valence-electron chi connectivity index (χ4n) is 2.33. The molecule has 0 saturated carbocycles. The van der Waals surface area contributed by atoms with Crippen molar-refractivity contribution in [2.45, 2.75) is 26.5 Å². The van der Waals surface area contributed by atoms with Crippen LogP contribution in [0.3, 0.4) is 0 Å². The summed E-state index contributed by atoms with van der Waals surface area (Å²) < 4.78 is 10.4. The highest BCUT2D eigenvalue weighted by Crippen LogP contribution is 2.16. The van der Waals surface area contributed by atoms with E-state index in [-0.39, 0.29) is 6.54 Å². The van der Waals surface area contributed by atoms with Crippen LogP contribution in [0.4, 0.5) is 10.5 Å². The van der Waals surface area contributed by atoms with E-state index in [1.807, 2.05) is 37.3 Å². The van der Waals surface area contributed by atoms with Gasteiger partial charge < -0.3 is 25.4 Å². The van der Waals surface area contributed by atoms with E-state index in [9.17, 15) is 14.4 Å². The summed E-state index contributed by atoms with van der Waals surface area (Å²) in [4.78, 5) is 35.7. The second kappa shape index (κ2) is 11.3. The molecule has 0 fully saturated rings. The lowest BCUT2D eigenvalue weighted by Crippen LogP contribution is -2.40. The lowest BCUT2D eigenvalue weighted by Gasteiger charge is -2.14. The standard InChI is InChI=1S/C21H25N3O5/c1-3-28-18-11-9-17(10-12-18)24-20(26)15(2)29-19(25)14-23-21(27)22-13-16-7-5-4-6-8-16/h4-12,15H,3,13-14H2,1-2H3,(H,24,26)(H2,22,23,27). The van der Waals surface area contributed by atoms with Gasteiger partial charge in [0.2, 0.25) is 0 Å². The number of amides is 3. The van der Waals surface area contributed by atoms with E-state index in [1.165, 1.54) is 6.92 Å². The molecule has 2 aromatic rings. The minimum atomic E-state index is -1.01. The number of carbonyl (C=O) groups is 3. The third kappa shape index (κ3) is 7.92. The van der Waals surface area contributed by atoms with Gasteiger partial charge >= 0.3 is 12.0 Å². The topological polar surface area (TPSA) is 106 Å². The highest BCUT2D eigenvalue weighted by atomic mass is 16.5. The number of nitrogens with one attached hydrogen (secondary N) is 3. The molecule has 0 heterocycles. The molecule has 29 heavy (non-hydrogen) atoms. The van der Waals surface area contributed by atoms with Crippen LogP contribution in [0, 0.1) is 0 Å². The lowest BCUT2D eigenvalue weighted by atomic mass is 10.2. The number of rotatable bonds is 9. The minimum absolute atomic E-state index is 0.336. The van der Waals surface area contributed by atoms with Crippen molar-refractivity contribution in [1.29, 1.82) is 0 Å². The Balaban J connectivity index is 1.69. The van der Waals surface area contributed by atoms with Crippen molar-refractivity contribution < 1.29 is 23.9 Å². The van der Waals surface area contributed by atoms with Crippen LogP contribution in [0.2, 0.25) is 0 Å². The van der Waals surface area contributed by atoms with Crippen LogP contribution in [0.5, 0.6) is 5.75 Å². The van der Waals surface area contributed by atoms with E-state index in [0.717, 1.165) is 5.56 Å². The van der Waals surface area contributed by atoms with Gasteiger partial charge in [-0.3, -0.25) is 9.59 Å². The summed E-state index contributed by atoms with van der Waals surface area (Å²) in [6.07, 6.45) is -1.01. The Morgan fingerprint density at radius 2 is 1.66 bits per heavy atom. The van der Waals surface area contributed by atoms with E-state index in [0.29, 0.717) is 24.6 Å². The summed E-state index contributed by atoms with van der Waals surface area (Å²) >= 11 is 0. The summed E-state index contributed by atoms with van der Waals surface area (Å²) in [5, 5.41) is 7.67. The highest BCUT2D eigenvalue weighted by Gasteiger charge is 2.18. The first-order chi connectivity index (χ1) is 14.0. The third-order valence-electron chi connectivity index (χ3n) is 3.80. The van der Waals surface area contributed by atoms with Crippen LogP contribution < -0.4 is 20.7 Å². The number of urea groups is 1. The molecule has 1 atom stereocenters. The van der Waals surface area contributed by atoms with Crippen molar-refractivity contribution in [3.63, 3.8) is 0 Å². The van der Waals surface area contributed by atoms with Gasteiger partial charge in [-0.25, -0.2) is 4.79 Å². The zero-order valence-corrected chi connectivity index (χ0v) is 16.4. The molecule has 0 aliphatic heterocycles. The fourth-order valence-corrected chi connectivity index (χ4v) is 2.33. The number of ether oxygens (including phenoxy) is 2. The molecular formula is C21H25N3O5. The van der Waals surface area contributed by atoms with Gasteiger partial charge in [-0.2, -0.15) is 0 Å². The summed E-state index contributed by atoms with van der Waals surface area (Å²) in [5.41, 5.74) is 1.49. The Hall–Kier alpha value is -3.55. The van der Waals surface area contributed by atoms with Gasteiger partial charge in [0.1, 0.15) is 12.3 Å². The SMILES string of the molecule is CCOc1ccc(NC(=O)C(C)OC(=O)CNC(=O)NCc2ccccc2)cc1. The van der Waals surface area contributed by atoms with Crippen molar-refractivity contribution in [2.24, 2.45) is 0 Å². The molecule has 8 heteroatoms. The van der Waals surface area contributed by atoms with Crippen molar-refractivity contribution in [2.75, 3.05) is 18.5 Å². The molecule has 0 saturated heterocycles. The molecular weight excluding hydrogens is 374 g/mol. The Morgan fingerprint density at radius 3 is 2.31 bits per heavy atom. The normalized spacial score (nSPS) is 11.1. The fraction of sp³-hybridized carbons (Fsp3) is 0.286. The summed E-state index contributed by atoms with van der Waals surface area (Å²) in [6, 6.07) is 15.7.